The van der Waals surface area contributed by atoms with Gasteiger partial charge in [-0.15, -0.1) is 0 Å². The minimum atomic E-state index is 0.135. The lowest BCUT2D eigenvalue weighted by Gasteiger charge is -2.01. The zero-order valence-corrected chi connectivity index (χ0v) is 6.25. The molecular formula is C8H10BNO. The first kappa shape index (κ1) is 8.14. The fourth-order valence-electron chi connectivity index (χ4n) is 0.911. The molecule has 0 spiro atoms. The Balaban J connectivity index is 2.86. The summed E-state index contributed by atoms with van der Waals surface area (Å²) in [5.74, 6) is 0.135. The van der Waals surface area contributed by atoms with E-state index in [1.165, 1.54) is 0 Å². The summed E-state index contributed by atoms with van der Waals surface area (Å²) >= 11 is 0. The molecule has 11 heavy (non-hydrogen) atoms. The number of benzene rings is 1. The van der Waals surface area contributed by atoms with E-state index in [2.05, 4.69) is 0 Å². The van der Waals surface area contributed by atoms with Crippen LogP contribution in [0.2, 0.25) is 0 Å². The molecule has 0 aliphatic carbocycles. The van der Waals surface area contributed by atoms with E-state index in [0.29, 0.717) is 12.0 Å². The predicted octanol–water partition coefficient (Wildman–Crippen LogP) is -0.313. The molecule has 0 aliphatic heterocycles. The van der Waals surface area contributed by atoms with E-state index >= 15 is 0 Å². The maximum absolute atomic E-state index is 9.16. The van der Waals surface area contributed by atoms with E-state index in [1.54, 1.807) is 12.1 Å². The third-order valence-electron chi connectivity index (χ3n) is 1.53. The Kier molecular flexibility index (Phi) is 2.55. The lowest BCUT2D eigenvalue weighted by Crippen LogP contribution is -2.06. The van der Waals surface area contributed by atoms with E-state index in [4.69, 9.17) is 18.7 Å². The molecule has 0 unspecified atom stereocenters. The molecule has 0 bridgehead atoms. The zero-order chi connectivity index (χ0) is 8.27. The highest BCUT2D eigenvalue weighted by Crippen LogP contribution is 2.07. The fourth-order valence-corrected chi connectivity index (χ4v) is 0.911. The SMILES string of the molecule is [B]c1ccc(CCN)cc1O. The molecule has 1 aromatic carbocycles. The molecule has 1 rings (SSSR count). The molecule has 0 amide bonds. The van der Waals surface area contributed by atoms with Gasteiger partial charge in [-0.05, 0) is 24.6 Å². The molecule has 56 valence electrons. The minimum Gasteiger partial charge on any atom is -0.509 e. The average molecular weight is 147 g/mol. The number of aromatic hydroxyl groups is 1. The maximum atomic E-state index is 9.16. The van der Waals surface area contributed by atoms with E-state index in [-0.39, 0.29) is 5.75 Å². The molecule has 3 heteroatoms. The first-order valence-electron chi connectivity index (χ1n) is 3.51. The van der Waals surface area contributed by atoms with Gasteiger partial charge in [-0.25, -0.2) is 0 Å². The Bertz CT molecular complexity index is 250. The number of phenols is 1. The van der Waals surface area contributed by atoms with Gasteiger partial charge in [-0.2, -0.15) is 0 Å². The van der Waals surface area contributed by atoms with Crippen LogP contribution in [0.4, 0.5) is 0 Å². The third kappa shape index (κ3) is 1.98. The van der Waals surface area contributed by atoms with Crippen molar-refractivity contribution in [3.05, 3.63) is 23.8 Å². The Morgan fingerprint density at radius 2 is 2.18 bits per heavy atom. The summed E-state index contributed by atoms with van der Waals surface area (Å²) in [7, 11) is 5.40. The second-order valence-corrected chi connectivity index (χ2v) is 2.43. The minimum absolute atomic E-state index is 0.135. The van der Waals surface area contributed by atoms with Crippen molar-refractivity contribution in [1.82, 2.24) is 0 Å². The molecule has 0 aliphatic rings. The Labute approximate surface area is 67.4 Å². The Morgan fingerprint density at radius 1 is 1.45 bits per heavy atom. The van der Waals surface area contributed by atoms with Crippen molar-refractivity contribution >= 4 is 13.3 Å². The highest BCUT2D eigenvalue weighted by molar-refractivity contribution is 6.34. The fraction of sp³-hybridized carbons (Fsp3) is 0.250. The third-order valence-corrected chi connectivity index (χ3v) is 1.53. The van der Waals surface area contributed by atoms with E-state index in [9.17, 15) is 0 Å². The van der Waals surface area contributed by atoms with Crippen molar-refractivity contribution in [3.63, 3.8) is 0 Å². The van der Waals surface area contributed by atoms with Crippen LogP contribution in [0.5, 0.6) is 5.75 Å². The summed E-state index contributed by atoms with van der Waals surface area (Å²) in [4.78, 5) is 0. The highest BCUT2D eigenvalue weighted by Gasteiger charge is 1.95. The number of nitrogens with two attached hydrogens (primary N) is 1. The molecule has 0 saturated carbocycles. The maximum Gasteiger partial charge on any atom is 0.118 e. The summed E-state index contributed by atoms with van der Waals surface area (Å²) in [5, 5.41) is 9.16. The van der Waals surface area contributed by atoms with Crippen LogP contribution in [0, 0.1) is 0 Å². The van der Waals surface area contributed by atoms with Crippen LogP contribution in [0.25, 0.3) is 0 Å². The standard InChI is InChI=1S/C8H10BNO/c9-7-2-1-6(3-4-10)5-8(7)11/h1-2,5,11H,3-4,10H2. The molecule has 1 aromatic rings. The lowest BCUT2D eigenvalue weighted by atomic mass is 9.93. The summed E-state index contributed by atoms with van der Waals surface area (Å²) in [6, 6.07) is 5.18. The molecule has 0 aromatic heterocycles. The first-order chi connectivity index (χ1) is 5.24. The normalized spacial score (nSPS) is 9.91. The smallest absolute Gasteiger partial charge is 0.118 e. The van der Waals surface area contributed by atoms with Crippen LogP contribution in [-0.2, 0) is 6.42 Å². The van der Waals surface area contributed by atoms with Crippen LogP contribution in [-0.4, -0.2) is 19.5 Å². The van der Waals surface area contributed by atoms with Crippen LogP contribution in [0.3, 0.4) is 0 Å². The Hall–Kier alpha value is -0.955. The second-order valence-electron chi connectivity index (χ2n) is 2.43. The monoisotopic (exact) mass is 147 g/mol. The number of phenolic OH excluding ortho intramolecular Hbond substituents is 1. The van der Waals surface area contributed by atoms with Crippen LogP contribution in [0.15, 0.2) is 18.2 Å². The van der Waals surface area contributed by atoms with Crippen LogP contribution >= 0.6 is 0 Å². The van der Waals surface area contributed by atoms with Crippen molar-refractivity contribution in [3.8, 4) is 5.75 Å². The van der Waals surface area contributed by atoms with Crippen LogP contribution < -0.4 is 11.2 Å². The Morgan fingerprint density at radius 3 is 2.73 bits per heavy atom. The van der Waals surface area contributed by atoms with Gasteiger partial charge in [-0.3, -0.25) is 0 Å². The van der Waals surface area contributed by atoms with Crippen LogP contribution in [0.1, 0.15) is 5.56 Å². The van der Waals surface area contributed by atoms with Crippen molar-refractivity contribution in [2.24, 2.45) is 5.73 Å². The summed E-state index contributed by atoms with van der Waals surface area (Å²) < 4.78 is 0. The van der Waals surface area contributed by atoms with Gasteiger partial charge in [0.1, 0.15) is 13.6 Å². The zero-order valence-electron chi connectivity index (χ0n) is 6.25. The number of hydrogen-bond acceptors (Lipinski definition) is 2. The van der Waals surface area contributed by atoms with Gasteiger partial charge in [0.2, 0.25) is 0 Å². The highest BCUT2D eigenvalue weighted by atomic mass is 16.3. The lowest BCUT2D eigenvalue weighted by molar-refractivity contribution is 0.479. The molecule has 0 fully saturated rings. The van der Waals surface area contributed by atoms with Crippen molar-refractivity contribution in [2.45, 2.75) is 6.42 Å². The van der Waals surface area contributed by atoms with Crippen molar-refractivity contribution in [1.29, 1.82) is 0 Å². The van der Waals surface area contributed by atoms with Gasteiger partial charge in [0.05, 0.1) is 0 Å². The summed E-state index contributed by atoms with van der Waals surface area (Å²) in [5.41, 5.74) is 6.76. The van der Waals surface area contributed by atoms with Gasteiger partial charge in [0.15, 0.2) is 0 Å². The van der Waals surface area contributed by atoms with Gasteiger partial charge in [-0.1, -0.05) is 17.6 Å². The van der Waals surface area contributed by atoms with Gasteiger partial charge in [0.25, 0.3) is 0 Å². The molecule has 3 N–H and O–H groups in total. The summed E-state index contributed by atoms with van der Waals surface area (Å²) in [6.07, 6.45) is 0.772. The molecule has 2 radical (unpaired) electrons. The number of rotatable bonds is 2. The van der Waals surface area contributed by atoms with Gasteiger partial charge < -0.3 is 10.8 Å². The van der Waals surface area contributed by atoms with Crippen molar-refractivity contribution < 1.29 is 5.11 Å². The molecule has 2 nitrogen and oxygen atoms in total. The van der Waals surface area contributed by atoms with E-state index < -0.39 is 0 Å². The second kappa shape index (κ2) is 3.44. The summed E-state index contributed by atoms with van der Waals surface area (Å²) in [6.45, 7) is 0.587. The largest absolute Gasteiger partial charge is 0.509 e. The van der Waals surface area contributed by atoms with Gasteiger partial charge in [0, 0.05) is 0 Å². The van der Waals surface area contributed by atoms with Gasteiger partial charge >= 0.3 is 0 Å². The topological polar surface area (TPSA) is 46.2 Å². The predicted molar refractivity (Wildman–Crippen MR) is 46.3 cm³/mol. The van der Waals surface area contributed by atoms with E-state index in [1.807, 2.05) is 6.07 Å². The quantitative estimate of drug-likeness (QED) is 0.563. The first-order valence-corrected chi connectivity index (χ1v) is 3.51. The van der Waals surface area contributed by atoms with E-state index in [0.717, 1.165) is 12.0 Å². The van der Waals surface area contributed by atoms with Crippen molar-refractivity contribution in [2.75, 3.05) is 6.54 Å². The molecule has 0 saturated heterocycles. The number of hydrogen-bond donors (Lipinski definition) is 2. The molecular weight excluding hydrogens is 137 g/mol. The molecule has 0 atom stereocenters. The molecule has 0 heterocycles. The average Bonchev–Trinajstić information content (AvgIpc) is 1.98.